The van der Waals surface area contributed by atoms with Gasteiger partial charge in [-0.25, -0.2) is 13.1 Å². The zero-order chi connectivity index (χ0) is 22.0. The predicted octanol–water partition coefficient (Wildman–Crippen LogP) is 3.54. The van der Waals surface area contributed by atoms with Crippen molar-refractivity contribution in [1.29, 1.82) is 0 Å². The Bertz CT molecular complexity index is 1180. The highest BCUT2D eigenvalue weighted by Gasteiger charge is 2.31. The number of ether oxygens (including phenoxy) is 1. The van der Waals surface area contributed by atoms with Crippen molar-refractivity contribution in [3.8, 4) is 17.0 Å². The summed E-state index contributed by atoms with van der Waals surface area (Å²) < 4.78 is 31.4. The van der Waals surface area contributed by atoms with Crippen LogP contribution in [0.1, 0.15) is 23.6 Å². The minimum Gasteiger partial charge on any atom is -0.483 e. The molecule has 1 fully saturated rings. The number of benzene rings is 2. The number of rotatable bonds is 6. The van der Waals surface area contributed by atoms with Crippen molar-refractivity contribution >= 4 is 21.6 Å². The number of anilines is 1. The summed E-state index contributed by atoms with van der Waals surface area (Å²) in [7, 11) is -3.10. The van der Waals surface area contributed by atoms with E-state index >= 15 is 0 Å². The lowest BCUT2D eigenvalue weighted by molar-refractivity contribution is -0.118. The Kier molecular flexibility index (Phi) is 5.82. The Hall–Kier alpha value is -3.13. The van der Waals surface area contributed by atoms with Crippen molar-refractivity contribution in [2.45, 2.75) is 26.3 Å². The van der Waals surface area contributed by atoms with E-state index in [0.29, 0.717) is 23.7 Å². The number of hydrogen-bond donors (Lipinski definition) is 1. The maximum absolute atomic E-state index is 12.7. The predicted molar refractivity (Wildman–Crippen MR) is 120 cm³/mol. The van der Waals surface area contributed by atoms with Crippen molar-refractivity contribution in [2.75, 3.05) is 23.4 Å². The summed E-state index contributed by atoms with van der Waals surface area (Å²) in [6.07, 6.45) is 0.472. The summed E-state index contributed by atoms with van der Waals surface area (Å²) in [4.78, 5) is 12.7. The molecule has 31 heavy (non-hydrogen) atoms. The molecule has 0 aliphatic carbocycles. The fraction of sp³-hybridized carbons (Fsp3) is 0.304. The van der Waals surface area contributed by atoms with Gasteiger partial charge in [-0.15, -0.1) is 0 Å². The molecule has 162 valence electrons. The van der Waals surface area contributed by atoms with Gasteiger partial charge in [0, 0.05) is 11.6 Å². The average molecular weight is 440 g/mol. The van der Waals surface area contributed by atoms with Gasteiger partial charge in [-0.3, -0.25) is 4.79 Å². The molecule has 0 spiro atoms. The summed E-state index contributed by atoms with van der Waals surface area (Å²) in [5.74, 6) is 0.977. The Morgan fingerprint density at radius 2 is 1.84 bits per heavy atom. The molecule has 4 rings (SSSR count). The first-order valence-corrected chi connectivity index (χ1v) is 12.0. The third-order valence-electron chi connectivity index (χ3n) is 5.38. The van der Waals surface area contributed by atoms with E-state index < -0.39 is 9.84 Å². The zero-order valence-electron chi connectivity index (χ0n) is 17.5. The number of nitrogens with zero attached hydrogens (tertiary/aromatic N) is 2. The summed E-state index contributed by atoms with van der Waals surface area (Å²) in [6.45, 7) is 3.71. The minimum absolute atomic E-state index is 0.0185. The Balaban J connectivity index is 1.56. The average Bonchev–Trinajstić information content (AvgIpc) is 3.31. The summed E-state index contributed by atoms with van der Waals surface area (Å²) in [5.41, 5.74) is 3.49. The Morgan fingerprint density at radius 3 is 2.48 bits per heavy atom. The van der Waals surface area contributed by atoms with E-state index in [1.54, 1.807) is 10.7 Å². The molecule has 0 bridgehead atoms. The van der Waals surface area contributed by atoms with Gasteiger partial charge in [0.1, 0.15) is 11.6 Å². The Morgan fingerprint density at radius 1 is 1.13 bits per heavy atom. The first-order chi connectivity index (χ1) is 14.8. The van der Waals surface area contributed by atoms with Gasteiger partial charge in [-0.2, -0.15) is 5.10 Å². The van der Waals surface area contributed by atoms with Crippen molar-refractivity contribution < 1.29 is 17.9 Å². The molecule has 1 atom stereocenters. The van der Waals surface area contributed by atoms with Crippen LogP contribution in [-0.2, 0) is 14.6 Å². The van der Waals surface area contributed by atoms with Gasteiger partial charge in [0.2, 0.25) is 0 Å². The lowest BCUT2D eigenvalue weighted by Crippen LogP contribution is -2.24. The van der Waals surface area contributed by atoms with Crippen molar-refractivity contribution in [2.24, 2.45) is 0 Å². The highest BCUT2D eigenvalue weighted by molar-refractivity contribution is 7.91. The van der Waals surface area contributed by atoms with Crippen molar-refractivity contribution in [1.82, 2.24) is 9.78 Å². The third-order valence-corrected chi connectivity index (χ3v) is 7.13. The topological polar surface area (TPSA) is 90.3 Å². The van der Waals surface area contributed by atoms with Crippen LogP contribution < -0.4 is 10.1 Å². The SMILES string of the molecule is Cc1cccc(C)c1OCC(=O)Nc1cc(-c2ccccc2)nn1[C@H]1CCS(=O)(=O)C1. The molecular weight excluding hydrogens is 414 g/mol. The monoisotopic (exact) mass is 439 g/mol. The molecule has 0 radical (unpaired) electrons. The van der Waals surface area contributed by atoms with Gasteiger partial charge in [0.25, 0.3) is 5.91 Å². The number of amides is 1. The van der Waals surface area contributed by atoms with E-state index in [9.17, 15) is 13.2 Å². The van der Waals surface area contributed by atoms with E-state index in [-0.39, 0.29) is 30.1 Å². The molecule has 0 unspecified atom stereocenters. The van der Waals surface area contributed by atoms with Crippen LogP contribution in [0.25, 0.3) is 11.3 Å². The van der Waals surface area contributed by atoms with Gasteiger partial charge in [-0.05, 0) is 31.4 Å². The standard InChI is InChI=1S/C23H25N3O4S/c1-16-7-6-8-17(2)23(16)30-14-22(27)24-21-13-20(18-9-4-3-5-10-18)25-26(21)19-11-12-31(28,29)15-19/h3-10,13,19H,11-12,14-15H2,1-2H3,(H,24,27)/t19-/m0/s1. The molecule has 1 aromatic heterocycles. The molecule has 8 heteroatoms. The van der Waals surface area contributed by atoms with Crippen molar-refractivity contribution in [3.63, 3.8) is 0 Å². The molecule has 7 nitrogen and oxygen atoms in total. The number of nitrogens with one attached hydrogen (secondary N) is 1. The maximum atomic E-state index is 12.7. The highest BCUT2D eigenvalue weighted by atomic mass is 32.2. The second-order valence-corrected chi connectivity index (χ2v) is 10.1. The van der Waals surface area contributed by atoms with Crippen LogP contribution in [0.15, 0.2) is 54.6 Å². The van der Waals surface area contributed by atoms with Crippen LogP contribution >= 0.6 is 0 Å². The van der Waals surface area contributed by atoms with Crippen LogP contribution in [-0.4, -0.2) is 42.2 Å². The van der Waals surface area contributed by atoms with E-state index in [2.05, 4.69) is 10.4 Å². The number of carbonyl (C=O) groups is 1. The lowest BCUT2D eigenvalue weighted by atomic mass is 10.1. The first-order valence-electron chi connectivity index (χ1n) is 10.2. The van der Waals surface area contributed by atoms with Crippen LogP contribution in [0.4, 0.5) is 5.82 Å². The summed E-state index contributed by atoms with van der Waals surface area (Å²) >= 11 is 0. The molecule has 1 aliphatic rings. The molecule has 0 saturated carbocycles. The molecule has 2 heterocycles. The van der Waals surface area contributed by atoms with Crippen LogP contribution in [0.2, 0.25) is 0 Å². The molecule has 1 saturated heterocycles. The summed E-state index contributed by atoms with van der Waals surface area (Å²) in [6, 6.07) is 16.9. The van der Waals surface area contributed by atoms with E-state index in [4.69, 9.17) is 4.74 Å². The van der Waals surface area contributed by atoms with Crippen molar-refractivity contribution in [3.05, 3.63) is 65.7 Å². The number of sulfone groups is 1. The van der Waals surface area contributed by atoms with E-state index in [0.717, 1.165) is 16.7 Å². The van der Waals surface area contributed by atoms with E-state index in [1.807, 2.05) is 62.4 Å². The molecule has 3 aromatic rings. The number of carbonyl (C=O) groups excluding carboxylic acids is 1. The van der Waals surface area contributed by atoms with Gasteiger partial charge < -0.3 is 10.1 Å². The molecule has 1 amide bonds. The smallest absolute Gasteiger partial charge is 0.263 e. The maximum Gasteiger partial charge on any atom is 0.263 e. The molecular formula is C23H25N3O4S. The minimum atomic E-state index is -3.10. The van der Waals surface area contributed by atoms with Gasteiger partial charge in [-0.1, -0.05) is 48.5 Å². The summed E-state index contributed by atoms with van der Waals surface area (Å²) in [5, 5.41) is 7.48. The first kappa shape index (κ1) is 21.1. The zero-order valence-corrected chi connectivity index (χ0v) is 18.4. The van der Waals surface area contributed by atoms with Crippen LogP contribution in [0.3, 0.4) is 0 Å². The quantitative estimate of drug-likeness (QED) is 0.634. The second kappa shape index (κ2) is 8.55. The number of hydrogen-bond acceptors (Lipinski definition) is 5. The number of aryl methyl sites for hydroxylation is 2. The number of aromatic nitrogens is 2. The molecule has 1 N–H and O–H groups in total. The fourth-order valence-electron chi connectivity index (χ4n) is 3.83. The largest absolute Gasteiger partial charge is 0.483 e. The van der Waals surface area contributed by atoms with Gasteiger partial charge in [0.15, 0.2) is 16.4 Å². The van der Waals surface area contributed by atoms with Crippen LogP contribution in [0, 0.1) is 13.8 Å². The lowest BCUT2D eigenvalue weighted by Gasteiger charge is -2.15. The van der Waals surface area contributed by atoms with Gasteiger partial charge >= 0.3 is 0 Å². The third kappa shape index (κ3) is 4.80. The van der Waals surface area contributed by atoms with E-state index in [1.165, 1.54) is 0 Å². The fourth-order valence-corrected chi connectivity index (χ4v) is 5.52. The Labute approximate surface area is 182 Å². The number of para-hydroxylation sites is 1. The normalized spacial score (nSPS) is 17.4. The molecule has 1 aliphatic heterocycles. The molecule has 2 aromatic carbocycles. The second-order valence-electron chi connectivity index (χ2n) is 7.84. The highest BCUT2D eigenvalue weighted by Crippen LogP contribution is 2.30. The van der Waals surface area contributed by atoms with Crippen LogP contribution in [0.5, 0.6) is 5.75 Å². The van der Waals surface area contributed by atoms with Gasteiger partial charge in [0.05, 0.1) is 23.2 Å².